The van der Waals surface area contributed by atoms with Crippen LogP contribution < -0.4 is 5.32 Å². The zero-order chi connectivity index (χ0) is 19.7. The first-order valence-electron chi connectivity index (χ1n) is 9.23. The number of hydrogen-bond acceptors (Lipinski definition) is 5. The SMILES string of the molecule is Cc1nn(Cc2ccc(F)cc2)c2sc(C(=O)NCC3(O)CCOCC3)cc12. The number of ether oxygens (including phenoxy) is 1. The number of nitrogens with zero attached hydrogens (tertiary/aromatic N) is 2. The standard InChI is InChI=1S/C20H22FN3O3S/c1-13-16-10-17(18(25)22-12-20(26)6-8-27-9-7-20)28-19(16)24(23-13)11-14-2-4-15(21)5-3-14/h2-5,10,26H,6-9,11-12H2,1H3,(H,22,25). The summed E-state index contributed by atoms with van der Waals surface area (Å²) in [4.78, 5) is 14.1. The molecule has 1 amide bonds. The Morgan fingerprint density at radius 3 is 2.79 bits per heavy atom. The van der Waals surface area contributed by atoms with E-state index in [4.69, 9.17) is 4.74 Å². The van der Waals surface area contributed by atoms with E-state index in [-0.39, 0.29) is 18.3 Å². The van der Waals surface area contributed by atoms with Crippen LogP contribution in [0.3, 0.4) is 0 Å². The molecule has 0 bridgehead atoms. The molecule has 3 aromatic rings. The van der Waals surface area contributed by atoms with Crippen LogP contribution in [0, 0.1) is 12.7 Å². The molecule has 1 aromatic carbocycles. The molecule has 148 valence electrons. The number of aliphatic hydroxyl groups is 1. The predicted octanol–water partition coefficient (Wildman–Crippen LogP) is 2.86. The van der Waals surface area contributed by atoms with E-state index in [0.717, 1.165) is 21.5 Å². The van der Waals surface area contributed by atoms with Gasteiger partial charge >= 0.3 is 0 Å². The van der Waals surface area contributed by atoms with Crippen LogP contribution in [0.4, 0.5) is 4.39 Å². The number of fused-ring (bicyclic) bond motifs is 1. The fraction of sp³-hybridized carbons (Fsp3) is 0.400. The number of hydrogen-bond donors (Lipinski definition) is 2. The third kappa shape index (κ3) is 3.94. The van der Waals surface area contributed by atoms with Gasteiger partial charge in [-0.1, -0.05) is 12.1 Å². The molecule has 0 unspecified atom stereocenters. The second-order valence-corrected chi connectivity index (χ2v) is 8.25. The molecule has 28 heavy (non-hydrogen) atoms. The number of amides is 1. The van der Waals surface area contributed by atoms with Gasteiger partial charge in [-0.05, 0) is 30.7 Å². The van der Waals surface area contributed by atoms with Crippen LogP contribution in [0.2, 0.25) is 0 Å². The molecular formula is C20H22FN3O3S. The quantitative estimate of drug-likeness (QED) is 0.687. The molecule has 0 aliphatic carbocycles. The van der Waals surface area contributed by atoms with E-state index in [1.165, 1.54) is 23.5 Å². The fourth-order valence-corrected chi connectivity index (χ4v) is 4.43. The molecule has 0 radical (unpaired) electrons. The molecule has 2 N–H and O–H groups in total. The van der Waals surface area contributed by atoms with Crippen LogP contribution in [0.5, 0.6) is 0 Å². The molecule has 8 heteroatoms. The van der Waals surface area contributed by atoms with E-state index in [9.17, 15) is 14.3 Å². The Morgan fingerprint density at radius 2 is 2.07 bits per heavy atom. The average Bonchev–Trinajstić information content (AvgIpc) is 3.24. The monoisotopic (exact) mass is 403 g/mol. The number of carbonyl (C=O) groups excluding carboxylic acids is 1. The predicted molar refractivity (Wildman–Crippen MR) is 105 cm³/mol. The van der Waals surface area contributed by atoms with Crippen LogP contribution >= 0.6 is 11.3 Å². The molecular weight excluding hydrogens is 381 g/mol. The number of halogens is 1. The molecule has 1 aliphatic heterocycles. The van der Waals surface area contributed by atoms with Crippen molar-refractivity contribution in [1.29, 1.82) is 0 Å². The van der Waals surface area contributed by atoms with E-state index in [0.29, 0.717) is 37.5 Å². The molecule has 1 fully saturated rings. The normalized spacial score (nSPS) is 16.4. The molecule has 1 saturated heterocycles. The molecule has 1 aliphatic rings. The number of thiophene rings is 1. The maximum absolute atomic E-state index is 13.1. The van der Waals surface area contributed by atoms with Crippen molar-refractivity contribution in [1.82, 2.24) is 15.1 Å². The Balaban J connectivity index is 1.50. The van der Waals surface area contributed by atoms with Crippen LogP contribution in [0.25, 0.3) is 10.2 Å². The van der Waals surface area contributed by atoms with Gasteiger partial charge in [-0.15, -0.1) is 11.3 Å². The van der Waals surface area contributed by atoms with E-state index in [1.54, 1.807) is 12.1 Å². The highest BCUT2D eigenvalue weighted by Gasteiger charge is 2.30. The molecule has 3 heterocycles. The van der Waals surface area contributed by atoms with Gasteiger partial charge in [0, 0.05) is 38.0 Å². The van der Waals surface area contributed by atoms with E-state index in [1.807, 2.05) is 17.7 Å². The van der Waals surface area contributed by atoms with Gasteiger partial charge in [-0.3, -0.25) is 9.48 Å². The highest BCUT2D eigenvalue weighted by molar-refractivity contribution is 7.20. The van der Waals surface area contributed by atoms with Crippen LogP contribution in [-0.2, 0) is 11.3 Å². The lowest BCUT2D eigenvalue weighted by Crippen LogP contribution is -2.46. The van der Waals surface area contributed by atoms with Gasteiger partial charge in [0.2, 0.25) is 0 Å². The summed E-state index contributed by atoms with van der Waals surface area (Å²) in [5, 5.41) is 18.8. The van der Waals surface area contributed by atoms with Crippen molar-refractivity contribution in [3.63, 3.8) is 0 Å². The number of aryl methyl sites for hydroxylation is 1. The zero-order valence-corrected chi connectivity index (χ0v) is 16.4. The summed E-state index contributed by atoms with van der Waals surface area (Å²) < 4.78 is 20.2. The average molecular weight is 403 g/mol. The Labute approximate surface area is 165 Å². The second-order valence-electron chi connectivity index (χ2n) is 7.22. The Kier molecular flexibility index (Phi) is 5.18. The summed E-state index contributed by atoms with van der Waals surface area (Å²) in [5.41, 5.74) is 0.877. The van der Waals surface area contributed by atoms with Crippen molar-refractivity contribution in [2.75, 3.05) is 19.8 Å². The Morgan fingerprint density at radius 1 is 1.36 bits per heavy atom. The summed E-state index contributed by atoms with van der Waals surface area (Å²) in [7, 11) is 0. The molecule has 0 spiro atoms. The lowest BCUT2D eigenvalue weighted by molar-refractivity contribution is -0.0605. The number of carbonyl (C=O) groups is 1. The maximum atomic E-state index is 13.1. The Hall–Kier alpha value is -2.29. The van der Waals surface area contributed by atoms with E-state index >= 15 is 0 Å². The lowest BCUT2D eigenvalue weighted by Gasteiger charge is -2.31. The molecule has 4 rings (SSSR count). The smallest absolute Gasteiger partial charge is 0.261 e. The van der Waals surface area contributed by atoms with Crippen molar-refractivity contribution < 1.29 is 19.0 Å². The highest BCUT2D eigenvalue weighted by Crippen LogP contribution is 2.29. The third-order valence-corrected chi connectivity index (χ3v) is 6.23. The zero-order valence-electron chi connectivity index (χ0n) is 15.6. The van der Waals surface area contributed by atoms with Crippen molar-refractivity contribution in [3.05, 3.63) is 52.3 Å². The van der Waals surface area contributed by atoms with Gasteiger partial charge < -0.3 is 15.2 Å². The number of nitrogens with one attached hydrogen (secondary N) is 1. The van der Waals surface area contributed by atoms with Crippen LogP contribution in [0.15, 0.2) is 30.3 Å². The van der Waals surface area contributed by atoms with Crippen molar-refractivity contribution in [3.8, 4) is 0 Å². The first kappa shape index (κ1) is 19.0. The second kappa shape index (κ2) is 7.62. The largest absolute Gasteiger partial charge is 0.388 e. The van der Waals surface area contributed by atoms with Crippen LogP contribution in [-0.4, -0.2) is 46.2 Å². The van der Waals surface area contributed by atoms with Gasteiger partial charge in [-0.2, -0.15) is 5.10 Å². The third-order valence-electron chi connectivity index (χ3n) is 5.08. The summed E-state index contributed by atoms with van der Waals surface area (Å²) in [5.74, 6) is -0.472. The van der Waals surface area contributed by atoms with Gasteiger partial charge in [0.15, 0.2) is 0 Å². The minimum atomic E-state index is -0.903. The number of aromatic nitrogens is 2. The summed E-state index contributed by atoms with van der Waals surface area (Å²) in [6, 6.07) is 8.16. The number of rotatable bonds is 5. The Bertz CT molecular complexity index is 990. The van der Waals surface area contributed by atoms with Gasteiger partial charge in [-0.25, -0.2) is 4.39 Å². The summed E-state index contributed by atoms with van der Waals surface area (Å²) in [6.45, 7) is 3.64. The van der Waals surface area contributed by atoms with Gasteiger partial charge in [0.05, 0.1) is 22.7 Å². The van der Waals surface area contributed by atoms with E-state index < -0.39 is 5.60 Å². The highest BCUT2D eigenvalue weighted by atomic mass is 32.1. The van der Waals surface area contributed by atoms with Crippen molar-refractivity contribution >= 4 is 27.5 Å². The van der Waals surface area contributed by atoms with Crippen LogP contribution in [0.1, 0.15) is 33.8 Å². The fourth-order valence-electron chi connectivity index (χ4n) is 3.35. The van der Waals surface area contributed by atoms with Crippen molar-refractivity contribution in [2.24, 2.45) is 0 Å². The van der Waals surface area contributed by atoms with E-state index in [2.05, 4.69) is 10.4 Å². The molecule has 6 nitrogen and oxygen atoms in total. The molecule has 0 atom stereocenters. The summed E-state index contributed by atoms with van der Waals surface area (Å²) >= 11 is 1.37. The maximum Gasteiger partial charge on any atom is 0.261 e. The first-order chi connectivity index (χ1) is 13.4. The summed E-state index contributed by atoms with van der Waals surface area (Å²) in [6.07, 6.45) is 1.04. The minimum absolute atomic E-state index is 0.200. The van der Waals surface area contributed by atoms with Gasteiger partial charge in [0.25, 0.3) is 5.91 Å². The van der Waals surface area contributed by atoms with Crippen molar-refractivity contribution in [2.45, 2.75) is 31.9 Å². The topological polar surface area (TPSA) is 76.4 Å². The molecule has 2 aromatic heterocycles. The first-order valence-corrected chi connectivity index (χ1v) is 10.0. The number of benzene rings is 1. The molecule has 0 saturated carbocycles. The lowest BCUT2D eigenvalue weighted by atomic mass is 9.94. The minimum Gasteiger partial charge on any atom is -0.388 e. The van der Waals surface area contributed by atoms with Gasteiger partial charge in [0.1, 0.15) is 10.6 Å².